The molecule has 32 heavy (non-hydrogen) atoms. The summed E-state index contributed by atoms with van der Waals surface area (Å²) < 4.78 is 10.3. The lowest BCUT2D eigenvalue weighted by Crippen LogP contribution is -2.36. The Morgan fingerprint density at radius 2 is 1.94 bits per heavy atom. The number of hydrogen-bond donors (Lipinski definition) is 4. The van der Waals surface area contributed by atoms with Gasteiger partial charge in [0.05, 0.1) is 37.1 Å². The molecular formula is C23H26N6O3. The minimum atomic E-state index is -0.236. The second-order valence-electron chi connectivity index (χ2n) is 7.29. The smallest absolute Gasteiger partial charge is 0.259 e. The lowest BCUT2D eigenvalue weighted by atomic mass is 10.1. The zero-order valence-electron chi connectivity index (χ0n) is 17.8. The molecule has 166 valence electrons. The van der Waals surface area contributed by atoms with Gasteiger partial charge in [0.2, 0.25) is 0 Å². The van der Waals surface area contributed by atoms with Crippen molar-refractivity contribution in [1.82, 2.24) is 9.97 Å². The van der Waals surface area contributed by atoms with Crippen LogP contribution in [0.25, 0.3) is 16.5 Å². The van der Waals surface area contributed by atoms with Crippen LogP contribution < -0.4 is 27.2 Å². The molecule has 0 atom stereocenters. The van der Waals surface area contributed by atoms with Gasteiger partial charge in [0.25, 0.3) is 5.56 Å². The average molecular weight is 435 g/mol. The van der Waals surface area contributed by atoms with E-state index in [2.05, 4.69) is 20.2 Å². The van der Waals surface area contributed by atoms with Gasteiger partial charge in [-0.1, -0.05) is 0 Å². The number of morpholine rings is 1. The summed E-state index contributed by atoms with van der Waals surface area (Å²) in [7, 11) is 1.47. The van der Waals surface area contributed by atoms with E-state index < -0.39 is 0 Å². The maximum atomic E-state index is 12.5. The molecule has 1 saturated heterocycles. The lowest BCUT2D eigenvalue weighted by Gasteiger charge is -2.28. The Morgan fingerprint density at radius 1 is 1.19 bits per heavy atom. The number of benzene rings is 1. The predicted molar refractivity (Wildman–Crippen MR) is 127 cm³/mol. The van der Waals surface area contributed by atoms with E-state index >= 15 is 0 Å². The Hall–Kier alpha value is -3.98. The number of aromatic nitrogens is 2. The van der Waals surface area contributed by atoms with E-state index in [1.54, 1.807) is 30.5 Å². The van der Waals surface area contributed by atoms with Crippen molar-refractivity contribution in [3.05, 3.63) is 76.7 Å². The molecule has 0 amide bonds. The third-order valence-corrected chi connectivity index (χ3v) is 5.22. The van der Waals surface area contributed by atoms with E-state index in [1.807, 2.05) is 24.3 Å². The third kappa shape index (κ3) is 4.68. The number of nitrogens with zero attached hydrogens (tertiary/aromatic N) is 2. The summed E-state index contributed by atoms with van der Waals surface area (Å²) in [6.45, 7) is 3.19. The van der Waals surface area contributed by atoms with Crippen molar-refractivity contribution in [2.75, 3.05) is 43.6 Å². The second kappa shape index (κ2) is 9.44. The Balaban J connectivity index is 1.68. The fourth-order valence-corrected chi connectivity index (χ4v) is 3.49. The zero-order chi connectivity index (χ0) is 22.5. The molecule has 1 aromatic carbocycles. The van der Waals surface area contributed by atoms with E-state index in [0.717, 1.165) is 37.7 Å². The van der Waals surface area contributed by atoms with Crippen LogP contribution in [0.4, 0.5) is 17.2 Å². The standard InChI is InChI=1S/C23H26N6O3/c1-31-20(25)7-6-18(24)19-14-15-8-9-26-23(30)21(15)22(28-19)27-16-2-4-17(5-3-16)29-10-12-32-13-11-29/h2-9,14H,10-13,24-25H2,1H3,(H,26,30)(H,27,28)/b18-6-,20-7+. The number of ether oxygens (including phenoxy) is 2. The Kier molecular flexibility index (Phi) is 6.27. The van der Waals surface area contributed by atoms with Crippen LogP contribution in [0.15, 0.2) is 65.4 Å². The maximum absolute atomic E-state index is 12.5. The number of H-pyrrole nitrogens is 1. The first-order valence-corrected chi connectivity index (χ1v) is 10.2. The van der Waals surface area contributed by atoms with E-state index in [9.17, 15) is 4.79 Å². The molecule has 1 aliphatic heterocycles. The van der Waals surface area contributed by atoms with Gasteiger partial charge in [-0.3, -0.25) is 4.79 Å². The maximum Gasteiger partial charge on any atom is 0.259 e. The molecule has 6 N–H and O–H groups in total. The normalized spacial score (nSPS) is 15.1. The first kappa shape index (κ1) is 21.3. The van der Waals surface area contributed by atoms with Crippen LogP contribution >= 0.6 is 0 Å². The number of anilines is 3. The molecule has 0 unspecified atom stereocenters. The van der Waals surface area contributed by atoms with Crippen LogP contribution in [-0.2, 0) is 9.47 Å². The van der Waals surface area contributed by atoms with Crippen LogP contribution in [-0.4, -0.2) is 43.4 Å². The minimum absolute atomic E-state index is 0.226. The van der Waals surface area contributed by atoms with Crippen molar-refractivity contribution in [3.63, 3.8) is 0 Å². The fourth-order valence-electron chi connectivity index (χ4n) is 3.49. The highest BCUT2D eigenvalue weighted by Gasteiger charge is 2.13. The van der Waals surface area contributed by atoms with Gasteiger partial charge in [0.15, 0.2) is 5.88 Å². The monoisotopic (exact) mass is 434 g/mol. The molecule has 2 aromatic heterocycles. The Morgan fingerprint density at radius 3 is 2.66 bits per heavy atom. The van der Waals surface area contributed by atoms with Crippen LogP contribution in [0.2, 0.25) is 0 Å². The SMILES string of the molecule is CO/C(N)=C/C=C(\N)c1cc2cc[nH]c(=O)c2c(Nc2ccc(N3CCOCC3)cc2)n1. The summed E-state index contributed by atoms with van der Waals surface area (Å²) in [6, 6.07) is 11.6. The van der Waals surface area contributed by atoms with E-state index in [-0.39, 0.29) is 11.4 Å². The van der Waals surface area contributed by atoms with Crippen molar-refractivity contribution in [1.29, 1.82) is 0 Å². The number of methoxy groups -OCH3 is 1. The first-order chi connectivity index (χ1) is 15.5. The van der Waals surface area contributed by atoms with Gasteiger partial charge in [-0.2, -0.15) is 0 Å². The zero-order valence-corrected chi connectivity index (χ0v) is 17.8. The molecule has 0 aliphatic carbocycles. The molecule has 9 heteroatoms. The van der Waals surface area contributed by atoms with Crippen LogP contribution in [0.5, 0.6) is 0 Å². The van der Waals surface area contributed by atoms with Crippen LogP contribution in [0, 0.1) is 0 Å². The number of nitrogens with two attached hydrogens (primary N) is 2. The average Bonchev–Trinajstić information content (AvgIpc) is 2.83. The Bertz CT molecular complexity index is 1210. The molecule has 0 radical (unpaired) electrons. The molecule has 0 bridgehead atoms. The van der Waals surface area contributed by atoms with Gasteiger partial charge in [-0.05, 0) is 53.9 Å². The molecule has 3 heterocycles. The number of allylic oxidation sites excluding steroid dienone is 2. The topological polar surface area (TPSA) is 132 Å². The first-order valence-electron chi connectivity index (χ1n) is 10.2. The van der Waals surface area contributed by atoms with Gasteiger partial charge >= 0.3 is 0 Å². The summed E-state index contributed by atoms with van der Waals surface area (Å²) >= 11 is 0. The van der Waals surface area contributed by atoms with E-state index in [4.69, 9.17) is 20.9 Å². The highest BCUT2D eigenvalue weighted by Crippen LogP contribution is 2.26. The third-order valence-electron chi connectivity index (χ3n) is 5.22. The fraction of sp³-hybridized carbons (Fsp3) is 0.217. The van der Waals surface area contributed by atoms with Gasteiger partial charge < -0.3 is 36.1 Å². The number of pyridine rings is 2. The number of aromatic amines is 1. The summed E-state index contributed by atoms with van der Waals surface area (Å²) in [5.41, 5.74) is 14.5. The van der Waals surface area contributed by atoms with Gasteiger partial charge in [-0.15, -0.1) is 0 Å². The summed E-state index contributed by atoms with van der Waals surface area (Å²) in [5, 5.41) is 4.43. The van der Waals surface area contributed by atoms with Gasteiger partial charge in [0.1, 0.15) is 5.82 Å². The van der Waals surface area contributed by atoms with Crippen LogP contribution in [0.3, 0.4) is 0 Å². The molecule has 1 aliphatic rings. The predicted octanol–water partition coefficient (Wildman–Crippen LogP) is 2.25. The molecule has 1 fully saturated rings. The van der Waals surface area contributed by atoms with Crippen molar-refractivity contribution >= 4 is 33.7 Å². The molecule has 4 rings (SSSR count). The molecular weight excluding hydrogens is 408 g/mol. The summed E-state index contributed by atoms with van der Waals surface area (Å²) in [4.78, 5) is 22.1. The molecule has 0 saturated carbocycles. The lowest BCUT2D eigenvalue weighted by molar-refractivity contribution is 0.122. The van der Waals surface area contributed by atoms with Gasteiger partial charge in [-0.25, -0.2) is 4.98 Å². The highest BCUT2D eigenvalue weighted by molar-refractivity contribution is 5.94. The highest BCUT2D eigenvalue weighted by atomic mass is 16.5. The summed E-state index contributed by atoms with van der Waals surface area (Å²) in [5.74, 6) is 0.641. The largest absolute Gasteiger partial charge is 0.483 e. The molecule has 0 spiro atoms. The minimum Gasteiger partial charge on any atom is -0.483 e. The number of fused-ring (bicyclic) bond motifs is 1. The van der Waals surface area contributed by atoms with E-state index in [1.165, 1.54) is 7.11 Å². The second-order valence-corrected chi connectivity index (χ2v) is 7.29. The van der Waals surface area contributed by atoms with Crippen molar-refractivity contribution < 1.29 is 9.47 Å². The number of nitrogens with one attached hydrogen (secondary N) is 2. The number of hydrogen-bond acceptors (Lipinski definition) is 8. The van der Waals surface area contributed by atoms with Crippen LogP contribution in [0.1, 0.15) is 5.69 Å². The Labute approximate surface area is 185 Å². The van der Waals surface area contributed by atoms with Crippen molar-refractivity contribution in [2.45, 2.75) is 0 Å². The van der Waals surface area contributed by atoms with Gasteiger partial charge in [0, 0.05) is 30.7 Å². The number of rotatable bonds is 6. The van der Waals surface area contributed by atoms with E-state index in [0.29, 0.717) is 28.0 Å². The summed E-state index contributed by atoms with van der Waals surface area (Å²) in [6.07, 6.45) is 4.76. The molecule has 3 aromatic rings. The van der Waals surface area contributed by atoms with Crippen molar-refractivity contribution in [3.8, 4) is 0 Å². The van der Waals surface area contributed by atoms with Crippen molar-refractivity contribution in [2.24, 2.45) is 11.5 Å². The quantitative estimate of drug-likeness (QED) is 0.343. The molecule has 9 nitrogen and oxygen atoms in total.